The maximum Gasteiger partial charge on any atom is 0.257 e. The van der Waals surface area contributed by atoms with E-state index >= 15 is 0 Å². The Kier molecular flexibility index (Phi) is 3.61. The van der Waals surface area contributed by atoms with Crippen LogP contribution >= 0.6 is 0 Å². The normalized spacial score (nSPS) is 20.3. The van der Waals surface area contributed by atoms with E-state index in [4.69, 9.17) is 5.73 Å². The van der Waals surface area contributed by atoms with Crippen LogP contribution in [0.15, 0.2) is 18.5 Å². The van der Waals surface area contributed by atoms with Crippen LogP contribution in [0.4, 0.5) is 5.69 Å². The van der Waals surface area contributed by atoms with E-state index in [0.29, 0.717) is 17.3 Å². The summed E-state index contributed by atoms with van der Waals surface area (Å²) < 4.78 is 0. The molecule has 1 aromatic rings. The van der Waals surface area contributed by atoms with E-state index in [1.165, 1.54) is 6.42 Å². The van der Waals surface area contributed by atoms with Crippen LogP contribution in [0.3, 0.4) is 0 Å². The van der Waals surface area contributed by atoms with Crippen LogP contribution in [-0.2, 0) is 0 Å². The van der Waals surface area contributed by atoms with E-state index in [2.05, 4.69) is 11.9 Å². The van der Waals surface area contributed by atoms with Crippen LogP contribution in [0.5, 0.6) is 0 Å². The molecule has 1 aromatic heterocycles. The number of nitrogens with zero attached hydrogens (tertiary/aromatic N) is 2. The number of pyridine rings is 1. The summed E-state index contributed by atoms with van der Waals surface area (Å²) in [7, 11) is 0. The number of rotatable bonds is 2. The smallest absolute Gasteiger partial charge is 0.257 e. The highest BCUT2D eigenvalue weighted by Crippen LogP contribution is 2.23. The zero-order chi connectivity index (χ0) is 12.3. The number of hydrogen-bond donors (Lipinski definition) is 1. The molecule has 4 heteroatoms. The molecule has 0 spiro atoms. The monoisotopic (exact) mass is 233 g/mol. The Labute approximate surface area is 102 Å². The highest BCUT2D eigenvalue weighted by Gasteiger charge is 2.27. The predicted octanol–water partition coefficient (Wildman–Crippen LogP) is 2.07. The topological polar surface area (TPSA) is 59.2 Å². The van der Waals surface area contributed by atoms with Gasteiger partial charge in [0.2, 0.25) is 0 Å². The van der Waals surface area contributed by atoms with Gasteiger partial charge in [0.15, 0.2) is 0 Å². The zero-order valence-corrected chi connectivity index (χ0v) is 10.2. The Hall–Kier alpha value is -1.58. The number of carbonyl (C=O) groups excluding carboxylic acids is 1. The van der Waals surface area contributed by atoms with E-state index < -0.39 is 0 Å². The molecule has 2 N–H and O–H groups in total. The Morgan fingerprint density at radius 2 is 2.41 bits per heavy atom. The molecule has 0 radical (unpaired) electrons. The van der Waals surface area contributed by atoms with Gasteiger partial charge in [-0.05, 0) is 31.7 Å². The largest absolute Gasteiger partial charge is 0.398 e. The third-order valence-electron chi connectivity index (χ3n) is 3.44. The maximum absolute atomic E-state index is 12.4. The van der Waals surface area contributed by atoms with E-state index in [0.717, 1.165) is 25.8 Å². The van der Waals surface area contributed by atoms with Gasteiger partial charge in [-0.25, -0.2) is 0 Å². The predicted molar refractivity (Wildman–Crippen MR) is 67.6 cm³/mol. The number of likely N-dealkylation sites (tertiary alicyclic amines) is 1. The van der Waals surface area contributed by atoms with Gasteiger partial charge in [0.25, 0.3) is 5.91 Å². The fourth-order valence-electron chi connectivity index (χ4n) is 2.43. The lowest BCUT2D eigenvalue weighted by Crippen LogP contribution is -2.43. The number of nitrogens with two attached hydrogens (primary N) is 1. The summed E-state index contributed by atoms with van der Waals surface area (Å²) in [5.74, 6) is 0.0298. The summed E-state index contributed by atoms with van der Waals surface area (Å²) in [6, 6.07) is 2.04. The fraction of sp³-hybridized carbons (Fsp3) is 0.538. The first-order chi connectivity index (χ1) is 8.24. The minimum Gasteiger partial charge on any atom is -0.398 e. The Morgan fingerprint density at radius 3 is 3.12 bits per heavy atom. The maximum atomic E-state index is 12.4. The second-order valence-corrected chi connectivity index (χ2v) is 4.52. The van der Waals surface area contributed by atoms with E-state index in [9.17, 15) is 4.79 Å². The van der Waals surface area contributed by atoms with Gasteiger partial charge in [0.1, 0.15) is 0 Å². The molecule has 1 amide bonds. The quantitative estimate of drug-likeness (QED) is 0.850. The van der Waals surface area contributed by atoms with E-state index in [-0.39, 0.29) is 5.91 Å². The number of nitrogen functional groups attached to an aromatic ring is 1. The van der Waals surface area contributed by atoms with E-state index in [1.807, 2.05) is 4.90 Å². The third kappa shape index (κ3) is 2.40. The van der Waals surface area contributed by atoms with Gasteiger partial charge in [-0.3, -0.25) is 9.78 Å². The molecule has 0 bridgehead atoms. The molecule has 2 heterocycles. The molecule has 17 heavy (non-hydrogen) atoms. The lowest BCUT2D eigenvalue weighted by atomic mass is 9.99. The lowest BCUT2D eigenvalue weighted by Gasteiger charge is -2.35. The molecule has 1 unspecified atom stereocenters. The second-order valence-electron chi connectivity index (χ2n) is 4.52. The van der Waals surface area contributed by atoms with Gasteiger partial charge < -0.3 is 10.6 Å². The highest BCUT2D eigenvalue weighted by molar-refractivity contribution is 5.98. The van der Waals surface area contributed by atoms with Crippen molar-refractivity contribution in [1.29, 1.82) is 0 Å². The van der Waals surface area contributed by atoms with Gasteiger partial charge in [-0.2, -0.15) is 0 Å². The number of piperidine rings is 1. The highest BCUT2D eigenvalue weighted by atomic mass is 16.2. The van der Waals surface area contributed by atoms with Gasteiger partial charge >= 0.3 is 0 Å². The molecule has 1 aliphatic rings. The number of carbonyl (C=O) groups is 1. The third-order valence-corrected chi connectivity index (χ3v) is 3.44. The molecule has 0 saturated carbocycles. The van der Waals surface area contributed by atoms with Crippen molar-refractivity contribution in [3.05, 3.63) is 24.0 Å². The molecule has 1 atom stereocenters. The van der Waals surface area contributed by atoms with Crippen LogP contribution < -0.4 is 5.73 Å². The van der Waals surface area contributed by atoms with Crippen molar-refractivity contribution in [2.75, 3.05) is 12.3 Å². The number of aromatic nitrogens is 1. The van der Waals surface area contributed by atoms with Crippen LogP contribution in [0, 0.1) is 0 Å². The van der Waals surface area contributed by atoms with Gasteiger partial charge in [-0.15, -0.1) is 0 Å². The molecular weight excluding hydrogens is 214 g/mol. The Morgan fingerprint density at radius 1 is 1.59 bits per heavy atom. The first-order valence-corrected chi connectivity index (χ1v) is 6.24. The molecule has 0 aliphatic carbocycles. The molecule has 1 saturated heterocycles. The van der Waals surface area contributed by atoms with Crippen LogP contribution in [0.2, 0.25) is 0 Å². The zero-order valence-electron chi connectivity index (χ0n) is 10.2. The Bertz CT molecular complexity index is 405. The lowest BCUT2D eigenvalue weighted by molar-refractivity contribution is 0.0608. The van der Waals surface area contributed by atoms with E-state index in [1.54, 1.807) is 18.5 Å². The van der Waals surface area contributed by atoms with Crippen LogP contribution in [0.25, 0.3) is 0 Å². The first-order valence-electron chi connectivity index (χ1n) is 6.24. The molecule has 92 valence electrons. The second kappa shape index (κ2) is 5.17. The summed E-state index contributed by atoms with van der Waals surface area (Å²) in [4.78, 5) is 18.3. The van der Waals surface area contributed by atoms with Crippen molar-refractivity contribution < 1.29 is 4.79 Å². The summed E-state index contributed by atoms with van der Waals surface area (Å²) in [5.41, 5.74) is 6.88. The van der Waals surface area contributed by atoms with Crippen molar-refractivity contribution in [3.63, 3.8) is 0 Å². The molecular formula is C13H19N3O. The van der Waals surface area contributed by atoms with Gasteiger partial charge in [0.05, 0.1) is 5.56 Å². The summed E-state index contributed by atoms with van der Waals surface area (Å²) >= 11 is 0. The standard InChI is InChI=1S/C13H19N3O/c1-2-10-5-3-4-8-16(10)13(17)11-9-15-7-6-12(11)14/h6-7,9-10H,2-5,8H2,1H3,(H2,14,15). The number of hydrogen-bond acceptors (Lipinski definition) is 3. The molecule has 0 aromatic carbocycles. The SMILES string of the molecule is CCC1CCCCN1C(=O)c1cnccc1N. The van der Waals surface area contributed by atoms with Crippen molar-refractivity contribution >= 4 is 11.6 Å². The average Bonchev–Trinajstić information content (AvgIpc) is 2.38. The molecule has 1 aliphatic heterocycles. The van der Waals surface area contributed by atoms with Crippen LogP contribution in [0.1, 0.15) is 43.0 Å². The van der Waals surface area contributed by atoms with Crippen LogP contribution in [-0.4, -0.2) is 28.4 Å². The minimum atomic E-state index is 0.0298. The first kappa shape index (κ1) is 11.9. The van der Waals surface area contributed by atoms with Gasteiger partial charge in [0, 0.05) is 30.7 Å². The summed E-state index contributed by atoms with van der Waals surface area (Å²) in [6.45, 7) is 2.97. The average molecular weight is 233 g/mol. The minimum absolute atomic E-state index is 0.0298. The molecule has 4 nitrogen and oxygen atoms in total. The van der Waals surface area contributed by atoms with Crippen molar-refractivity contribution in [3.8, 4) is 0 Å². The summed E-state index contributed by atoms with van der Waals surface area (Å²) in [5, 5.41) is 0. The Balaban J connectivity index is 2.21. The summed E-state index contributed by atoms with van der Waals surface area (Å²) in [6.07, 6.45) is 7.58. The molecule has 2 rings (SSSR count). The fourth-order valence-corrected chi connectivity index (χ4v) is 2.43. The van der Waals surface area contributed by atoms with Crippen molar-refractivity contribution in [2.24, 2.45) is 0 Å². The molecule has 1 fully saturated rings. The number of anilines is 1. The van der Waals surface area contributed by atoms with Gasteiger partial charge in [-0.1, -0.05) is 6.92 Å². The van der Waals surface area contributed by atoms with Crippen molar-refractivity contribution in [2.45, 2.75) is 38.6 Å². The van der Waals surface area contributed by atoms with Crippen molar-refractivity contribution in [1.82, 2.24) is 9.88 Å². The number of amides is 1.